The Labute approximate surface area is 222 Å². The summed E-state index contributed by atoms with van der Waals surface area (Å²) in [6.07, 6.45) is 4.14. The van der Waals surface area contributed by atoms with Crippen molar-refractivity contribution in [1.82, 2.24) is 4.90 Å². The molecular weight excluding hydrogens is 490 g/mol. The predicted octanol–water partition coefficient (Wildman–Crippen LogP) is 6.39. The number of ether oxygens (including phenoxy) is 2. The minimum Gasteiger partial charge on any atom is -0.490 e. The smallest absolute Gasteiger partial charge is 0.269 e. The van der Waals surface area contributed by atoms with Crippen LogP contribution in [0.15, 0.2) is 59.0 Å². The van der Waals surface area contributed by atoms with Gasteiger partial charge in [0.15, 0.2) is 16.7 Å². The molecule has 1 amide bonds. The van der Waals surface area contributed by atoms with Gasteiger partial charge in [0, 0.05) is 29.8 Å². The summed E-state index contributed by atoms with van der Waals surface area (Å²) in [5.74, 6) is 1.01. The lowest BCUT2D eigenvalue weighted by atomic mass is 10.0. The highest BCUT2D eigenvalue weighted by molar-refractivity contribution is 8.18. The van der Waals surface area contributed by atoms with Crippen molar-refractivity contribution >= 4 is 34.6 Å². The Hall–Kier alpha value is -3.59. The van der Waals surface area contributed by atoms with Crippen molar-refractivity contribution in [3.05, 3.63) is 80.8 Å². The molecule has 2 aromatic rings. The fraction of sp³-hybridized carbons (Fsp3) is 0.357. The van der Waals surface area contributed by atoms with Gasteiger partial charge in [-0.15, -0.1) is 6.58 Å². The molecule has 0 aliphatic carbocycles. The van der Waals surface area contributed by atoms with E-state index >= 15 is 0 Å². The van der Waals surface area contributed by atoms with Crippen molar-refractivity contribution in [3.8, 4) is 11.5 Å². The zero-order valence-corrected chi connectivity index (χ0v) is 22.7. The second-order valence-electron chi connectivity index (χ2n) is 9.03. The molecule has 37 heavy (non-hydrogen) atoms. The van der Waals surface area contributed by atoms with Gasteiger partial charge in [0.1, 0.15) is 6.61 Å². The molecule has 196 valence electrons. The number of rotatable bonds is 11. The third-order valence-electron chi connectivity index (χ3n) is 5.34. The van der Waals surface area contributed by atoms with Crippen LogP contribution in [-0.4, -0.2) is 39.6 Å². The molecule has 0 N–H and O–H groups in total. The first kappa shape index (κ1) is 28.0. The maximum absolute atomic E-state index is 13.2. The van der Waals surface area contributed by atoms with Crippen LogP contribution >= 0.6 is 11.8 Å². The zero-order valence-electron chi connectivity index (χ0n) is 21.9. The molecule has 9 heteroatoms. The lowest BCUT2D eigenvalue weighted by Gasteiger charge is -2.20. The van der Waals surface area contributed by atoms with Crippen LogP contribution in [0.3, 0.4) is 0 Å². The van der Waals surface area contributed by atoms with Crippen molar-refractivity contribution in [2.45, 2.75) is 59.7 Å². The van der Waals surface area contributed by atoms with Crippen LogP contribution in [0.1, 0.15) is 51.3 Å². The molecule has 1 heterocycles. The number of carbonyl (C=O) groups excluding carboxylic acids is 1. The Kier molecular flexibility index (Phi) is 9.52. The van der Waals surface area contributed by atoms with Gasteiger partial charge in [-0.2, -0.15) is 0 Å². The van der Waals surface area contributed by atoms with Crippen molar-refractivity contribution < 1.29 is 19.2 Å². The summed E-state index contributed by atoms with van der Waals surface area (Å²) in [6.45, 7) is 14.2. The number of nitro benzene ring substituents is 1. The topological polar surface area (TPSA) is 94.3 Å². The first-order chi connectivity index (χ1) is 17.6. The average Bonchev–Trinajstić information content (AvgIpc) is 3.13. The number of aliphatic imine (C=N–C) groups is 1. The van der Waals surface area contributed by atoms with Gasteiger partial charge in [0.25, 0.3) is 11.6 Å². The van der Waals surface area contributed by atoms with Gasteiger partial charge >= 0.3 is 0 Å². The first-order valence-corrected chi connectivity index (χ1v) is 13.0. The largest absolute Gasteiger partial charge is 0.490 e. The van der Waals surface area contributed by atoms with E-state index in [0.717, 1.165) is 11.1 Å². The van der Waals surface area contributed by atoms with Crippen LogP contribution in [-0.2, 0) is 17.8 Å². The number of thioether (sulfide) groups is 1. The van der Waals surface area contributed by atoms with E-state index in [1.807, 2.05) is 52.8 Å². The van der Waals surface area contributed by atoms with Crippen LogP contribution < -0.4 is 9.47 Å². The summed E-state index contributed by atoms with van der Waals surface area (Å²) in [7, 11) is 0. The third kappa shape index (κ3) is 7.01. The van der Waals surface area contributed by atoms with Crippen LogP contribution in [0, 0.1) is 10.1 Å². The van der Waals surface area contributed by atoms with Gasteiger partial charge < -0.3 is 9.47 Å². The van der Waals surface area contributed by atoms with Gasteiger partial charge in [-0.1, -0.05) is 18.2 Å². The minimum absolute atomic E-state index is 0.00830. The number of hydrogen-bond donors (Lipinski definition) is 0. The van der Waals surface area contributed by atoms with Crippen LogP contribution in [0.5, 0.6) is 11.5 Å². The molecule has 0 atom stereocenters. The Balaban J connectivity index is 1.98. The summed E-state index contributed by atoms with van der Waals surface area (Å²) in [4.78, 5) is 30.9. The fourth-order valence-electron chi connectivity index (χ4n) is 3.82. The Morgan fingerprint density at radius 3 is 2.57 bits per heavy atom. The van der Waals surface area contributed by atoms with Crippen LogP contribution in [0.2, 0.25) is 0 Å². The van der Waals surface area contributed by atoms with E-state index in [1.54, 1.807) is 23.1 Å². The molecule has 1 saturated heterocycles. The number of allylic oxidation sites excluding steroid dienone is 1. The number of carbonyl (C=O) groups is 1. The van der Waals surface area contributed by atoms with E-state index in [-0.39, 0.29) is 30.3 Å². The van der Waals surface area contributed by atoms with Crippen molar-refractivity contribution in [1.29, 1.82) is 0 Å². The van der Waals surface area contributed by atoms with E-state index in [9.17, 15) is 14.9 Å². The third-order valence-corrected chi connectivity index (χ3v) is 6.34. The van der Waals surface area contributed by atoms with Gasteiger partial charge in [-0.05, 0) is 82.1 Å². The number of nitrogens with zero attached hydrogens (tertiary/aromatic N) is 3. The van der Waals surface area contributed by atoms with Gasteiger partial charge in [0.2, 0.25) is 0 Å². The maximum atomic E-state index is 13.2. The van der Waals surface area contributed by atoms with Crippen molar-refractivity contribution in [2.75, 3.05) is 6.61 Å². The number of benzene rings is 2. The van der Waals surface area contributed by atoms with Crippen molar-refractivity contribution in [2.24, 2.45) is 4.99 Å². The summed E-state index contributed by atoms with van der Waals surface area (Å²) in [5, 5.41) is 11.8. The standard InChI is InChI=1S/C28H33N3O5S/c1-7-10-22-13-21(16-25-27(32)30(19(5)6)28(37-25)29-18(3)4)15-24(35-8-2)26(22)36-17-20-11-9-12-23(14-20)31(33)34/h7,9,11-16,18-19H,1,8,10,17H2,2-6H3/b25-16+,29-28?. The monoisotopic (exact) mass is 523 g/mol. The fourth-order valence-corrected chi connectivity index (χ4v) is 5.05. The molecule has 1 aliphatic rings. The normalized spacial score (nSPS) is 15.8. The SMILES string of the molecule is C=CCc1cc(/C=C2/SC(=NC(C)C)N(C(C)C)C2=O)cc(OCC)c1OCc1cccc([N+](=O)[O-])c1. The lowest BCUT2D eigenvalue weighted by molar-refractivity contribution is -0.384. The van der Waals surface area contributed by atoms with Gasteiger partial charge in [0.05, 0.1) is 16.4 Å². The lowest BCUT2D eigenvalue weighted by Crippen LogP contribution is -2.35. The second kappa shape index (κ2) is 12.6. The van der Waals surface area contributed by atoms with E-state index in [4.69, 9.17) is 9.47 Å². The molecule has 0 radical (unpaired) electrons. The quantitative estimate of drug-likeness (QED) is 0.147. The highest BCUT2D eigenvalue weighted by Gasteiger charge is 2.35. The molecule has 2 aromatic carbocycles. The van der Waals surface area contributed by atoms with E-state index < -0.39 is 4.92 Å². The molecular formula is C28H33N3O5S. The van der Waals surface area contributed by atoms with Gasteiger partial charge in [-0.3, -0.25) is 24.8 Å². The number of amidine groups is 1. The minimum atomic E-state index is -0.430. The molecule has 0 aromatic heterocycles. The molecule has 0 saturated carbocycles. The number of nitro groups is 1. The maximum Gasteiger partial charge on any atom is 0.269 e. The van der Waals surface area contributed by atoms with E-state index in [0.29, 0.717) is 40.2 Å². The van der Waals surface area contributed by atoms with E-state index in [2.05, 4.69) is 11.6 Å². The summed E-state index contributed by atoms with van der Waals surface area (Å²) >= 11 is 1.37. The molecule has 0 unspecified atom stereocenters. The Morgan fingerprint density at radius 1 is 1.19 bits per heavy atom. The number of amides is 1. The van der Waals surface area contributed by atoms with Crippen LogP contribution in [0.25, 0.3) is 6.08 Å². The first-order valence-electron chi connectivity index (χ1n) is 12.2. The highest BCUT2D eigenvalue weighted by Crippen LogP contribution is 2.38. The molecule has 0 bridgehead atoms. The van der Waals surface area contributed by atoms with Gasteiger partial charge in [-0.25, -0.2) is 0 Å². The van der Waals surface area contributed by atoms with Crippen molar-refractivity contribution in [3.63, 3.8) is 0 Å². The zero-order chi connectivity index (χ0) is 27.1. The summed E-state index contributed by atoms with van der Waals surface area (Å²) in [5.41, 5.74) is 2.32. The van der Waals surface area contributed by atoms with E-state index in [1.165, 1.54) is 23.9 Å². The molecule has 1 aliphatic heterocycles. The average molecular weight is 524 g/mol. The summed E-state index contributed by atoms with van der Waals surface area (Å²) < 4.78 is 12.1. The highest BCUT2D eigenvalue weighted by atomic mass is 32.2. The second-order valence-corrected chi connectivity index (χ2v) is 10.0. The molecule has 0 spiro atoms. The Morgan fingerprint density at radius 2 is 1.95 bits per heavy atom. The molecule has 1 fully saturated rings. The van der Waals surface area contributed by atoms with Crippen LogP contribution in [0.4, 0.5) is 5.69 Å². The summed E-state index contributed by atoms with van der Waals surface area (Å²) in [6, 6.07) is 10.2. The number of non-ortho nitro benzene ring substituents is 1. The Bertz CT molecular complexity index is 1240. The molecule has 3 rings (SSSR count). The predicted molar refractivity (Wildman–Crippen MR) is 149 cm³/mol. The number of hydrogen-bond acceptors (Lipinski definition) is 7. The molecule has 8 nitrogen and oxygen atoms in total.